The first-order valence-corrected chi connectivity index (χ1v) is 5.30. The van der Waals surface area contributed by atoms with E-state index in [9.17, 15) is 0 Å². The topological polar surface area (TPSA) is 122 Å². The molecule has 98 valence electrons. The van der Waals surface area contributed by atoms with E-state index in [4.69, 9.17) is 11.5 Å². The van der Waals surface area contributed by atoms with E-state index in [1.807, 2.05) is 38.1 Å². The minimum absolute atomic E-state index is 0. The third-order valence-electron chi connectivity index (χ3n) is 2.87. The van der Waals surface area contributed by atoms with Crippen molar-refractivity contribution in [2.75, 3.05) is 11.5 Å². The van der Waals surface area contributed by atoms with E-state index in [2.05, 4.69) is 12.1 Å². The number of nitrogens with two attached hydrogens (primary N) is 2. The van der Waals surface area contributed by atoms with Crippen molar-refractivity contribution in [3.63, 3.8) is 0 Å². The summed E-state index contributed by atoms with van der Waals surface area (Å²) in [5, 5.41) is 0. The summed E-state index contributed by atoms with van der Waals surface area (Å²) in [5.41, 5.74) is 17.8. The van der Waals surface area contributed by atoms with Crippen LogP contribution in [0.15, 0.2) is 36.4 Å². The highest BCUT2D eigenvalue weighted by atomic mass is 14.6. The average molecular weight is 246 g/mol. The number of benzene rings is 2. The Labute approximate surface area is 108 Å². The predicted molar refractivity (Wildman–Crippen MR) is 80.2 cm³/mol. The van der Waals surface area contributed by atoms with E-state index in [-0.39, 0.29) is 12.3 Å². The van der Waals surface area contributed by atoms with Crippen LogP contribution >= 0.6 is 0 Å². The lowest BCUT2D eigenvalue weighted by atomic mass is 10.0. The van der Waals surface area contributed by atoms with E-state index in [1.54, 1.807) is 0 Å². The van der Waals surface area contributed by atoms with Crippen molar-refractivity contribution in [2.24, 2.45) is 0 Å². The molecule has 4 heteroatoms. The molecule has 2 aromatic rings. The van der Waals surface area contributed by atoms with Gasteiger partial charge in [0.05, 0.1) is 0 Å². The monoisotopic (exact) mass is 246 g/mol. The Kier molecular flexibility index (Phi) is 5.36. The van der Waals surface area contributed by atoms with Gasteiger partial charge in [-0.05, 0) is 60.4 Å². The zero-order valence-electron chi connectivity index (χ0n) is 11.0. The van der Waals surface area contributed by atoms with Crippen molar-refractivity contribution in [3.8, 4) is 11.1 Å². The zero-order chi connectivity index (χ0) is 11.7. The van der Waals surface area contributed by atoms with Gasteiger partial charge in [0.25, 0.3) is 0 Å². The summed E-state index contributed by atoms with van der Waals surface area (Å²) in [7, 11) is 0. The van der Waals surface area contributed by atoms with Gasteiger partial charge in [0, 0.05) is 11.4 Å². The first-order chi connectivity index (χ1) is 7.58. The molecule has 18 heavy (non-hydrogen) atoms. The van der Waals surface area contributed by atoms with E-state index in [1.165, 1.54) is 11.1 Å². The molecule has 0 amide bonds. The fourth-order valence-corrected chi connectivity index (χ4v) is 1.71. The molecule has 0 saturated carbocycles. The van der Waals surface area contributed by atoms with Gasteiger partial charge in [-0.25, -0.2) is 0 Å². The standard InChI is InChI=1S/C14H16N2.2H3N/c1-9-7-11(3-5-13(9)15)12-4-6-14(16)10(2)8-12;;/h3-8H,15-16H2,1-2H3;2*1H3. The van der Waals surface area contributed by atoms with Crippen LogP contribution in [0.3, 0.4) is 0 Å². The van der Waals surface area contributed by atoms with Crippen LogP contribution in [0.5, 0.6) is 0 Å². The van der Waals surface area contributed by atoms with Crippen LogP contribution in [0, 0.1) is 13.8 Å². The first kappa shape index (κ1) is 16.0. The molecule has 2 aromatic carbocycles. The molecule has 0 atom stereocenters. The summed E-state index contributed by atoms with van der Waals surface area (Å²) >= 11 is 0. The quantitative estimate of drug-likeness (QED) is 0.575. The molecule has 0 saturated heterocycles. The minimum atomic E-state index is 0. The number of anilines is 2. The molecule has 0 bridgehead atoms. The highest BCUT2D eigenvalue weighted by Gasteiger charge is 2.01. The lowest BCUT2D eigenvalue weighted by molar-refractivity contribution is 1.44. The Morgan fingerprint density at radius 1 is 0.667 bits per heavy atom. The van der Waals surface area contributed by atoms with Gasteiger partial charge in [0.1, 0.15) is 0 Å². The molecule has 0 radical (unpaired) electrons. The molecule has 0 unspecified atom stereocenters. The molecule has 10 N–H and O–H groups in total. The lowest BCUT2D eigenvalue weighted by Gasteiger charge is -2.07. The Hall–Kier alpha value is -2.04. The molecule has 0 fully saturated rings. The van der Waals surface area contributed by atoms with Crippen LogP contribution in [0.25, 0.3) is 11.1 Å². The van der Waals surface area contributed by atoms with Crippen LogP contribution < -0.4 is 23.8 Å². The van der Waals surface area contributed by atoms with E-state index < -0.39 is 0 Å². The molecule has 2 rings (SSSR count). The van der Waals surface area contributed by atoms with Crippen molar-refractivity contribution in [3.05, 3.63) is 47.5 Å². The largest absolute Gasteiger partial charge is 0.399 e. The second-order valence-electron chi connectivity index (χ2n) is 4.14. The van der Waals surface area contributed by atoms with Crippen LogP contribution in [-0.2, 0) is 0 Å². The lowest BCUT2D eigenvalue weighted by Crippen LogP contribution is -1.91. The van der Waals surface area contributed by atoms with Gasteiger partial charge in [0.2, 0.25) is 0 Å². The number of rotatable bonds is 1. The first-order valence-electron chi connectivity index (χ1n) is 5.30. The van der Waals surface area contributed by atoms with Crippen LogP contribution in [-0.4, -0.2) is 0 Å². The maximum Gasteiger partial charge on any atom is 0.0344 e. The molecular formula is C14H22N4. The Morgan fingerprint density at radius 3 is 1.28 bits per heavy atom. The summed E-state index contributed by atoms with van der Waals surface area (Å²) in [6, 6.07) is 12.1. The Bertz CT molecular complexity index is 486. The minimum Gasteiger partial charge on any atom is -0.399 e. The molecule has 0 aliphatic rings. The van der Waals surface area contributed by atoms with Gasteiger partial charge in [-0.3, -0.25) is 0 Å². The molecule has 0 aliphatic heterocycles. The average Bonchev–Trinajstić information content (AvgIpc) is 2.26. The molecule has 4 nitrogen and oxygen atoms in total. The normalized spacial score (nSPS) is 9.22. The molecule has 0 aliphatic carbocycles. The Balaban J connectivity index is 0.00000144. The maximum absolute atomic E-state index is 5.80. The summed E-state index contributed by atoms with van der Waals surface area (Å²) < 4.78 is 0. The summed E-state index contributed by atoms with van der Waals surface area (Å²) in [6.07, 6.45) is 0. The predicted octanol–water partition coefficient (Wildman–Crippen LogP) is 3.46. The van der Waals surface area contributed by atoms with Gasteiger partial charge in [-0.1, -0.05) is 12.1 Å². The number of aryl methyl sites for hydroxylation is 2. The SMILES string of the molecule is Cc1cc(-c2ccc(N)c(C)c2)ccc1N.N.N. The highest BCUT2D eigenvalue weighted by Crippen LogP contribution is 2.25. The summed E-state index contributed by atoms with van der Waals surface area (Å²) in [4.78, 5) is 0. The zero-order valence-corrected chi connectivity index (χ0v) is 11.0. The number of nitrogen functional groups attached to an aromatic ring is 2. The highest BCUT2D eigenvalue weighted by molar-refractivity contribution is 5.70. The van der Waals surface area contributed by atoms with Crippen LogP contribution in [0.4, 0.5) is 11.4 Å². The maximum atomic E-state index is 5.80. The molecular weight excluding hydrogens is 224 g/mol. The second-order valence-corrected chi connectivity index (χ2v) is 4.14. The van der Waals surface area contributed by atoms with E-state index >= 15 is 0 Å². The van der Waals surface area contributed by atoms with Crippen molar-refractivity contribution < 1.29 is 0 Å². The number of hydrogen-bond donors (Lipinski definition) is 4. The van der Waals surface area contributed by atoms with Gasteiger partial charge in [-0.15, -0.1) is 0 Å². The third-order valence-corrected chi connectivity index (χ3v) is 2.87. The van der Waals surface area contributed by atoms with E-state index in [0.29, 0.717) is 0 Å². The van der Waals surface area contributed by atoms with Gasteiger partial charge >= 0.3 is 0 Å². The van der Waals surface area contributed by atoms with Gasteiger partial charge in [-0.2, -0.15) is 0 Å². The van der Waals surface area contributed by atoms with Gasteiger partial charge in [0.15, 0.2) is 0 Å². The fourth-order valence-electron chi connectivity index (χ4n) is 1.71. The van der Waals surface area contributed by atoms with Crippen molar-refractivity contribution in [1.82, 2.24) is 12.3 Å². The fraction of sp³-hybridized carbons (Fsp3) is 0.143. The van der Waals surface area contributed by atoms with Crippen molar-refractivity contribution >= 4 is 11.4 Å². The second kappa shape index (κ2) is 6.05. The van der Waals surface area contributed by atoms with Crippen LogP contribution in [0.2, 0.25) is 0 Å². The van der Waals surface area contributed by atoms with Gasteiger partial charge < -0.3 is 23.8 Å². The smallest absolute Gasteiger partial charge is 0.0344 e. The van der Waals surface area contributed by atoms with Crippen molar-refractivity contribution in [1.29, 1.82) is 0 Å². The summed E-state index contributed by atoms with van der Waals surface area (Å²) in [5.74, 6) is 0. The van der Waals surface area contributed by atoms with E-state index in [0.717, 1.165) is 22.5 Å². The molecule has 0 heterocycles. The van der Waals surface area contributed by atoms with Crippen LogP contribution in [0.1, 0.15) is 11.1 Å². The third kappa shape index (κ3) is 3.00. The van der Waals surface area contributed by atoms with Crippen molar-refractivity contribution in [2.45, 2.75) is 13.8 Å². The number of hydrogen-bond acceptors (Lipinski definition) is 4. The molecule has 0 spiro atoms. The summed E-state index contributed by atoms with van der Waals surface area (Å²) in [6.45, 7) is 4.03. The molecule has 0 aromatic heterocycles. The Morgan fingerprint density at radius 2 is 1.00 bits per heavy atom.